The fourth-order valence-electron chi connectivity index (χ4n) is 4.35. The molecule has 3 heterocycles. The van der Waals surface area contributed by atoms with Crippen molar-refractivity contribution >= 4 is 17.9 Å². The van der Waals surface area contributed by atoms with Gasteiger partial charge in [0.15, 0.2) is 0 Å². The van der Waals surface area contributed by atoms with Gasteiger partial charge in [-0.1, -0.05) is 0 Å². The quantitative estimate of drug-likeness (QED) is 0.749. The molecule has 3 fully saturated rings. The highest BCUT2D eigenvalue weighted by Crippen LogP contribution is 2.33. The summed E-state index contributed by atoms with van der Waals surface area (Å²) in [5.41, 5.74) is -0.520. The molecular formula is C19H31N3O4. The highest BCUT2D eigenvalue weighted by atomic mass is 16.6. The van der Waals surface area contributed by atoms with Gasteiger partial charge in [0.25, 0.3) is 0 Å². The van der Waals surface area contributed by atoms with Crippen molar-refractivity contribution in [2.45, 2.75) is 77.6 Å². The Bertz CT molecular complexity index is 584. The second-order valence-electron chi connectivity index (χ2n) is 9.06. The largest absolute Gasteiger partial charge is 0.444 e. The maximum absolute atomic E-state index is 13.0. The van der Waals surface area contributed by atoms with Gasteiger partial charge >= 0.3 is 6.09 Å². The number of fused-ring (bicyclic) bond motifs is 2. The van der Waals surface area contributed by atoms with Gasteiger partial charge in [-0.25, -0.2) is 4.79 Å². The molecule has 0 saturated carbocycles. The molecule has 0 spiro atoms. The van der Waals surface area contributed by atoms with Crippen LogP contribution in [-0.2, 0) is 14.3 Å². The second-order valence-corrected chi connectivity index (χ2v) is 9.06. The lowest BCUT2D eigenvalue weighted by Crippen LogP contribution is -2.58. The van der Waals surface area contributed by atoms with Crippen molar-refractivity contribution in [3.8, 4) is 0 Å². The van der Waals surface area contributed by atoms with Crippen molar-refractivity contribution in [2.75, 3.05) is 19.6 Å². The molecule has 3 amide bonds. The zero-order chi connectivity index (χ0) is 19.2. The standard InChI is InChI=1S/C19H31N3O4/c1-12(2)21-9-13(8-16(21)23)17(24)20-10-14-6-7-15(11-20)22(14)18(25)26-19(3,4)5/h12-15H,6-11H2,1-5H3. The summed E-state index contributed by atoms with van der Waals surface area (Å²) in [6.07, 6.45) is 1.82. The number of hydrogen-bond acceptors (Lipinski definition) is 4. The molecule has 3 saturated heterocycles. The number of hydrogen-bond donors (Lipinski definition) is 0. The van der Waals surface area contributed by atoms with Crippen molar-refractivity contribution in [3.63, 3.8) is 0 Å². The summed E-state index contributed by atoms with van der Waals surface area (Å²) in [6, 6.07) is 0.164. The van der Waals surface area contributed by atoms with Crippen LogP contribution in [0.3, 0.4) is 0 Å². The Labute approximate surface area is 155 Å². The van der Waals surface area contributed by atoms with E-state index in [0.29, 0.717) is 26.1 Å². The first-order chi connectivity index (χ1) is 12.1. The van der Waals surface area contributed by atoms with Crippen LogP contribution >= 0.6 is 0 Å². The van der Waals surface area contributed by atoms with E-state index in [2.05, 4.69) is 0 Å². The molecule has 2 bridgehead atoms. The lowest BCUT2D eigenvalue weighted by Gasteiger charge is -2.42. The molecule has 0 aromatic rings. The van der Waals surface area contributed by atoms with Gasteiger partial charge in [0, 0.05) is 32.1 Å². The van der Waals surface area contributed by atoms with Gasteiger partial charge in [0.1, 0.15) is 5.60 Å². The van der Waals surface area contributed by atoms with Gasteiger partial charge in [-0.2, -0.15) is 0 Å². The van der Waals surface area contributed by atoms with Crippen LogP contribution in [0.15, 0.2) is 0 Å². The smallest absolute Gasteiger partial charge is 0.410 e. The first kappa shape index (κ1) is 19.0. The fraction of sp³-hybridized carbons (Fsp3) is 0.842. The molecule has 3 atom stereocenters. The summed E-state index contributed by atoms with van der Waals surface area (Å²) in [6.45, 7) is 11.1. The molecular weight excluding hydrogens is 334 g/mol. The Morgan fingerprint density at radius 1 is 1.08 bits per heavy atom. The molecule has 3 rings (SSSR count). The Kier molecular flexibility index (Phi) is 4.92. The molecule has 0 aromatic heterocycles. The monoisotopic (exact) mass is 365 g/mol. The Morgan fingerprint density at radius 3 is 2.12 bits per heavy atom. The number of carbonyl (C=O) groups excluding carboxylic acids is 3. The van der Waals surface area contributed by atoms with E-state index in [-0.39, 0.29) is 42.0 Å². The number of nitrogens with zero attached hydrogens (tertiary/aromatic N) is 3. The summed E-state index contributed by atoms with van der Waals surface area (Å²) in [4.78, 5) is 43.1. The number of amides is 3. The van der Waals surface area contributed by atoms with Crippen LogP contribution in [0.25, 0.3) is 0 Å². The van der Waals surface area contributed by atoms with Crippen LogP contribution in [0.1, 0.15) is 53.9 Å². The molecule has 0 aliphatic carbocycles. The molecule has 3 aliphatic heterocycles. The third-order valence-electron chi connectivity index (χ3n) is 5.53. The van der Waals surface area contributed by atoms with E-state index in [1.54, 1.807) is 4.90 Å². The molecule has 26 heavy (non-hydrogen) atoms. The summed E-state index contributed by atoms with van der Waals surface area (Å²) in [5, 5.41) is 0. The van der Waals surface area contributed by atoms with Crippen LogP contribution in [0, 0.1) is 5.92 Å². The molecule has 0 N–H and O–H groups in total. The lowest BCUT2D eigenvalue weighted by molar-refractivity contribution is -0.139. The molecule has 7 heteroatoms. The van der Waals surface area contributed by atoms with Gasteiger partial charge in [0.2, 0.25) is 11.8 Å². The zero-order valence-corrected chi connectivity index (χ0v) is 16.5. The van der Waals surface area contributed by atoms with Gasteiger partial charge < -0.3 is 14.5 Å². The number of likely N-dealkylation sites (tertiary alicyclic amines) is 2. The molecule has 0 aromatic carbocycles. The Morgan fingerprint density at radius 2 is 1.65 bits per heavy atom. The minimum absolute atomic E-state index is 0.0193. The van der Waals surface area contributed by atoms with E-state index in [0.717, 1.165) is 12.8 Å². The highest BCUT2D eigenvalue weighted by molar-refractivity contribution is 5.89. The van der Waals surface area contributed by atoms with E-state index in [4.69, 9.17) is 4.74 Å². The Balaban J connectivity index is 1.63. The minimum Gasteiger partial charge on any atom is -0.444 e. The predicted octanol–water partition coefficient (Wildman–Crippen LogP) is 1.85. The molecule has 0 radical (unpaired) electrons. The number of ether oxygens (including phenoxy) is 1. The zero-order valence-electron chi connectivity index (χ0n) is 16.5. The summed E-state index contributed by atoms with van der Waals surface area (Å²) in [5.74, 6) is -0.131. The van der Waals surface area contributed by atoms with E-state index in [9.17, 15) is 14.4 Å². The Hall–Kier alpha value is -1.79. The highest BCUT2D eigenvalue weighted by Gasteiger charge is 2.47. The third-order valence-corrected chi connectivity index (χ3v) is 5.53. The average molecular weight is 365 g/mol. The summed E-state index contributed by atoms with van der Waals surface area (Å²) >= 11 is 0. The molecule has 7 nitrogen and oxygen atoms in total. The topological polar surface area (TPSA) is 70.2 Å². The second kappa shape index (κ2) is 6.74. The van der Waals surface area contributed by atoms with E-state index in [1.807, 2.05) is 44.4 Å². The van der Waals surface area contributed by atoms with Crippen molar-refractivity contribution in [2.24, 2.45) is 5.92 Å². The van der Waals surface area contributed by atoms with E-state index >= 15 is 0 Å². The van der Waals surface area contributed by atoms with Gasteiger partial charge in [-0.15, -0.1) is 0 Å². The fourth-order valence-corrected chi connectivity index (χ4v) is 4.35. The predicted molar refractivity (Wildman–Crippen MR) is 96.4 cm³/mol. The maximum Gasteiger partial charge on any atom is 0.410 e. The van der Waals surface area contributed by atoms with Gasteiger partial charge in [-0.3, -0.25) is 14.5 Å². The first-order valence-electron chi connectivity index (χ1n) is 9.66. The van der Waals surface area contributed by atoms with E-state index < -0.39 is 5.60 Å². The summed E-state index contributed by atoms with van der Waals surface area (Å²) in [7, 11) is 0. The summed E-state index contributed by atoms with van der Waals surface area (Å²) < 4.78 is 5.54. The first-order valence-corrected chi connectivity index (χ1v) is 9.66. The molecule has 3 unspecified atom stereocenters. The SMILES string of the molecule is CC(C)N1CC(C(=O)N2CC3CCC(C2)N3C(=O)OC(C)(C)C)CC1=O. The van der Waals surface area contributed by atoms with Gasteiger partial charge in [0.05, 0.1) is 18.0 Å². The van der Waals surface area contributed by atoms with Crippen molar-refractivity contribution in [1.82, 2.24) is 14.7 Å². The third kappa shape index (κ3) is 3.67. The van der Waals surface area contributed by atoms with Crippen LogP contribution < -0.4 is 0 Å². The number of rotatable bonds is 2. The molecule has 3 aliphatic rings. The normalized spacial score (nSPS) is 28.9. The average Bonchev–Trinajstić information content (AvgIpc) is 3.03. The van der Waals surface area contributed by atoms with Crippen molar-refractivity contribution in [3.05, 3.63) is 0 Å². The van der Waals surface area contributed by atoms with Crippen LogP contribution in [-0.4, -0.2) is 76.0 Å². The van der Waals surface area contributed by atoms with Crippen LogP contribution in [0.4, 0.5) is 4.79 Å². The lowest BCUT2D eigenvalue weighted by atomic mass is 10.1. The number of piperazine rings is 1. The maximum atomic E-state index is 13.0. The van der Waals surface area contributed by atoms with Crippen LogP contribution in [0.5, 0.6) is 0 Å². The van der Waals surface area contributed by atoms with E-state index in [1.165, 1.54) is 0 Å². The van der Waals surface area contributed by atoms with Gasteiger partial charge in [-0.05, 0) is 47.5 Å². The number of carbonyl (C=O) groups is 3. The van der Waals surface area contributed by atoms with Crippen molar-refractivity contribution < 1.29 is 19.1 Å². The van der Waals surface area contributed by atoms with Crippen molar-refractivity contribution in [1.29, 1.82) is 0 Å². The minimum atomic E-state index is -0.520. The molecule has 146 valence electrons. The van der Waals surface area contributed by atoms with Crippen LogP contribution in [0.2, 0.25) is 0 Å².